The van der Waals surface area contributed by atoms with E-state index in [9.17, 15) is 4.79 Å². The van der Waals surface area contributed by atoms with E-state index < -0.39 is 0 Å². The molecule has 0 fully saturated rings. The number of ether oxygens (including phenoxy) is 1. The maximum absolute atomic E-state index is 12.5. The number of aryl methyl sites for hydroxylation is 2. The van der Waals surface area contributed by atoms with Crippen LogP contribution in [0.2, 0.25) is 0 Å². The van der Waals surface area contributed by atoms with Crippen molar-refractivity contribution in [1.29, 1.82) is 0 Å². The number of methoxy groups -OCH3 is 1. The smallest absolute Gasteiger partial charge is 0.253 e. The summed E-state index contributed by atoms with van der Waals surface area (Å²) in [4.78, 5) is 24.5. The van der Waals surface area contributed by atoms with Gasteiger partial charge >= 0.3 is 0 Å². The van der Waals surface area contributed by atoms with Crippen molar-refractivity contribution in [3.05, 3.63) is 77.0 Å². The van der Waals surface area contributed by atoms with Crippen LogP contribution in [0.5, 0.6) is 5.75 Å². The van der Waals surface area contributed by atoms with Crippen molar-refractivity contribution >= 4 is 35.0 Å². The highest BCUT2D eigenvalue weighted by Gasteiger charge is 2.27. The van der Waals surface area contributed by atoms with E-state index in [2.05, 4.69) is 38.1 Å². The van der Waals surface area contributed by atoms with Gasteiger partial charge in [-0.05, 0) is 43.2 Å². The third kappa shape index (κ3) is 5.04. The molecule has 0 bridgehead atoms. The second kappa shape index (κ2) is 10.2. The van der Waals surface area contributed by atoms with Crippen molar-refractivity contribution in [2.75, 3.05) is 36.2 Å². The molecular weight excluding hydrogens is 468 g/mol. The zero-order valence-corrected chi connectivity index (χ0v) is 21.4. The normalized spacial score (nSPS) is 12.3. The van der Waals surface area contributed by atoms with Gasteiger partial charge in [0.2, 0.25) is 5.95 Å². The van der Waals surface area contributed by atoms with E-state index in [4.69, 9.17) is 14.7 Å². The molecule has 3 N–H and O–H groups in total. The van der Waals surface area contributed by atoms with Crippen molar-refractivity contribution in [3.63, 3.8) is 0 Å². The van der Waals surface area contributed by atoms with Crippen LogP contribution < -0.4 is 25.6 Å². The quantitative estimate of drug-likeness (QED) is 0.335. The molecule has 0 spiro atoms. The second-order valence-corrected chi connectivity index (χ2v) is 8.89. The van der Waals surface area contributed by atoms with Gasteiger partial charge in [-0.3, -0.25) is 9.48 Å². The van der Waals surface area contributed by atoms with Crippen LogP contribution in [0.4, 0.5) is 29.1 Å². The number of nitrogens with one attached hydrogen (secondary N) is 3. The summed E-state index contributed by atoms with van der Waals surface area (Å²) < 4.78 is 7.06. The van der Waals surface area contributed by atoms with Crippen LogP contribution in [0, 0.1) is 6.92 Å². The number of aromatic nitrogens is 4. The average molecular weight is 499 g/mol. The van der Waals surface area contributed by atoms with Crippen LogP contribution in [-0.4, -0.2) is 46.4 Å². The highest BCUT2D eigenvalue weighted by atomic mass is 16.5. The number of anilines is 5. The Morgan fingerprint density at radius 3 is 2.57 bits per heavy atom. The molecule has 10 nitrogen and oxygen atoms in total. The summed E-state index contributed by atoms with van der Waals surface area (Å²) in [7, 11) is 5.16. The fourth-order valence-electron chi connectivity index (χ4n) is 4.48. The van der Waals surface area contributed by atoms with Gasteiger partial charge in [-0.1, -0.05) is 24.3 Å². The van der Waals surface area contributed by atoms with Crippen LogP contribution in [0.25, 0.3) is 0 Å². The number of hydrogen-bond acceptors (Lipinski definition) is 8. The minimum atomic E-state index is -0.168. The minimum absolute atomic E-state index is 0.168. The molecule has 0 atom stereocenters. The second-order valence-electron chi connectivity index (χ2n) is 8.89. The third-order valence-corrected chi connectivity index (χ3v) is 6.34. The van der Waals surface area contributed by atoms with Gasteiger partial charge in [-0.2, -0.15) is 15.1 Å². The van der Waals surface area contributed by atoms with Crippen LogP contribution in [0.1, 0.15) is 27.2 Å². The summed E-state index contributed by atoms with van der Waals surface area (Å²) in [5.41, 5.74) is 4.28. The Morgan fingerprint density at radius 2 is 1.86 bits per heavy atom. The van der Waals surface area contributed by atoms with Crippen LogP contribution in [0.15, 0.2) is 54.6 Å². The predicted octanol–water partition coefficient (Wildman–Crippen LogP) is 3.94. The lowest BCUT2D eigenvalue weighted by Crippen LogP contribution is -2.21. The van der Waals surface area contributed by atoms with Crippen molar-refractivity contribution in [2.24, 2.45) is 7.05 Å². The number of rotatable bonds is 8. The molecule has 37 heavy (non-hydrogen) atoms. The van der Waals surface area contributed by atoms with Crippen molar-refractivity contribution in [2.45, 2.75) is 19.9 Å². The van der Waals surface area contributed by atoms with E-state index in [1.165, 1.54) is 0 Å². The number of para-hydroxylation sites is 1. The van der Waals surface area contributed by atoms with Gasteiger partial charge in [-0.15, -0.1) is 0 Å². The monoisotopic (exact) mass is 498 g/mol. The molecule has 2 aromatic carbocycles. The molecular formula is C27H30N8O2. The Kier molecular flexibility index (Phi) is 6.63. The number of benzene rings is 2. The van der Waals surface area contributed by atoms with E-state index >= 15 is 0 Å². The van der Waals surface area contributed by atoms with E-state index in [0.717, 1.165) is 47.2 Å². The minimum Gasteiger partial charge on any atom is -0.497 e. The van der Waals surface area contributed by atoms with Crippen molar-refractivity contribution < 1.29 is 9.53 Å². The van der Waals surface area contributed by atoms with Crippen LogP contribution >= 0.6 is 0 Å². The SMILES string of the molecule is CNC(=O)c1ccccc1Nc1nc(Nc2cc(C)nn2C)nc2c1CCN2Cc1ccc(OC)cc1. The Morgan fingerprint density at radius 1 is 1.08 bits per heavy atom. The number of carbonyl (C=O) groups is 1. The first kappa shape index (κ1) is 24.1. The Bertz CT molecular complexity index is 1430. The number of nitrogens with zero attached hydrogens (tertiary/aromatic N) is 5. The van der Waals surface area contributed by atoms with Gasteiger partial charge in [0.15, 0.2) is 0 Å². The topological polar surface area (TPSA) is 109 Å². The number of carbonyl (C=O) groups excluding carboxylic acids is 1. The molecule has 1 aliphatic rings. The molecule has 190 valence electrons. The fraction of sp³-hybridized carbons (Fsp3) is 0.259. The van der Waals surface area contributed by atoms with E-state index in [1.54, 1.807) is 24.9 Å². The molecule has 0 aliphatic carbocycles. The van der Waals surface area contributed by atoms with Crippen molar-refractivity contribution in [1.82, 2.24) is 25.1 Å². The summed E-state index contributed by atoms with van der Waals surface area (Å²) >= 11 is 0. The van der Waals surface area contributed by atoms with Gasteiger partial charge in [0.1, 0.15) is 23.2 Å². The predicted molar refractivity (Wildman–Crippen MR) is 144 cm³/mol. The molecule has 4 aromatic rings. The zero-order chi connectivity index (χ0) is 25.9. The molecule has 1 aliphatic heterocycles. The lowest BCUT2D eigenvalue weighted by atomic mass is 10.1. The third-order valence-electron chi connectivity index (χ3n) is 6.34. The molecule has 2 aromatic heterocycles. The van der Waals surface area contributed by atoms with Gasteiger partial charge in [0.05, 0.1) is 24.1 Å². The number of hydrogen-bond donors (Lipinski definition) is 3. The van der Waals surface area contributed by atoms with Gasteiger partial charge in [0.25, 0.3) is 5.91 Å². The lowest BCUT2D eigenvalue weighted by molar-refractivity contribution is 0.0964. The molecule has 0 radical (unpaired) electrons. The summed E-state index contributed by atoms with van der Waals surface area (Å²) in [6.07, 6.45) is 0.779. The summed E-state index contributed by atoms with van der Waals surface area (Å²) in [6, 6.07) is 17.4. The molecule has 0 saturated carbocycles. The van der Waals surface area contributed by atoms with Gasteiger partial charge in [0, 0.05) is 38.8 Å². The Balaban J connectivity index is 1.53. The molecule has 0 saturated heterocycles. The van der Waals surface area contributed by atoms with Crippen LogP contribution in [-0.2, 0) is 20.0 Å². The van der Waals surface area contributed by atoms with Gasteiger partial charge < -0.3 is 25.6 Å². The first-order valence-corrected chi connectivity index (χ1v) is 12.1. The Labute approximate surface area is 215 Å². The highest BCUT2D eigenvalue weighted by molar-refractivity contribution is 6.00. The van der Waals surface area contributed by atoms with Crippen LogP contribution in [0.3, 0.4) is 0 Å². The summed E-state index contributed by atoms with van der Waals surface area (Å²) in [5.74, 6) is 3.41. The molecule has 5 rings (SSSR count). The molecule has 10 heteroatoms. The molecule has 1 amide bonds. The number of amides is 1. The maximum atomic E-state index is 12.5. The average Bonchev–Trinajstić information content (AvgIpc) is 3.45. The maximum Gasteiger partial charge on any atom is 0.253 e. The highest BCUT2D eigenvalue weighted by Crippen LogP contribution is 2.36. The zero-order valence-electron chi connectivity index (χ0n) is 21.4. The fourth-order valence-corrected chi connectivity index (χ4v) is 4.48. The van der Waals surface area contributed by atoms with E-state index in [-0.39, 0.29) is 5.91 Å². The Hall–Kier alpha value is -4.60. The number of fused-ring (bicyclic) bond motifs is 1. The lowest BCUT2D eigenvalue weighted by Gasteiger charge is -2.20. The standard InChI is InChI=1S/C27H30N8O2/c1-17-15-23(34(3)33-17)30-27-31-24(29-22-8-6-5-7-20(22)26(36)28-2)21-13-14-35(25(21)32-27)16-18-9-11-19(37-4)12-10-18/h5-12,15H,13-14,16H2,1-4H3,(H,28,36)(H2,29,30,31,32). The van der Waals surface area contributed by atoms with E-state index in [0.29, 0.717) is 29.6 Å². The first-order chi connectivity index (χ1) is 17.9. The van der Waals surface area contributed by atoms with Gasteiger partial charge in [-0.25, -0.2) is 0 Å². The molecule has 0 unspecified atom stereocenters. The summed E-state index contributed by atoms with van der Waals surface area (Å²) in [5, 5.41) is 13.8. The van der Waals surface area contributed by atoms with Crippen molar-refractivity contribution in [3.8, 4) is 5.75 Å². The molecule has 3 heterocycles. The largest absolute Gasteiger partial charge is 0.497 e. The van der Waals surface area contributed by atoms with E-state index in [1.807, 2.05) is 50.4 Å². The first-order valence-electron chi connectivity index (χ1n) is 12.1. The summed E-state index contributed by atoms with van der Waals surface area (Å²) in [6.45, 7) is 3.44.